The van der Waals surface area contributed by atoms with E-state index in [0.29, 0.717) is 29.4 Å². The van der Waals surface area contributed by atoms with E-state index in [4.69, 9.17) is 9.47 Å². The average molecular weight is 365 g/mol. The van der Waals surface area contributed by atoms with Crippen molar-refractivity contribution in [3.63, 3.8) is 0 Å². The summed E-state index contributed by atoms with van der Waals surface area (Å²) in [5.41, 5.74) is 1.11. The van der Waals surface area contributed by atoms with Gasteiger partial charge in [-0.3, -0.25) is 14.5 Å². The molecule has 3 aromatic rings. The van der Waals surface area contributed by atoms with Crippen LogP contribution < -0.4 is 10.1 Å². The molecule has 1 atom stereocenters. The van der Waals surface area contributed by atoms with Gasteiger partial charge < -0.3 is 14.8 Å². The molecule has 138 valence electrons. The van der Waals surface area contributed by atoms with E-state index in [1.807, 2.05) is 0 Å². The summed E-state index contributed by atoms with van der Waals surface area (Å²) < 4.78 is 13.0. The van der Waals surface area contributed by atoms with Gasteiger partial charge in [0.05, 0.1) is 30.7 Å². The number of nitrogens with one attached hydrogen (secondary N) is 1. The summed E-state index contributed by atoms with van der Waals surface area (Å²) in [4.78, 5) is 20.5. The predicted molar refractivity (Wildman–Crippen MR) is 97.7 cm³/mol. The first-order chi connectivity index (χ1) is 13.3. The van der Waals surface area contributed by atoms with E-state index in [2.05, 4.69) is 20.4 Å². The molecule has 1 N–H and O–H groups in total. The summed E-state index contributed by atoms with van der Waals surface area (Å²) in [6, 6.07) is 6.88. The molecule has 1 fully saturated rings. The number of rotatable bonds is 6. The zero-order chi connectivity index (χ0) is 18.5. The van der Waals surface area contributed by atoms with Crippen LogP contribution in [0.4, 0.5) is 5.69 Å². The van der Waals surface area contributed by atoms with Gasteiger partial charge in [0.25, 0.3) is 5.91 Å². The average Bonchev–Trinajstić information content (AvgIpc) is 3.35. The highest BCUT2D eigenvalue weighted by atomic mass is 16.5. The standard InChI is InChI=1S/C19H19N5O3/c25-19(23-15-10-22-24(12-15)13-17-5-2-8-26-17)14-3-1-4-16(9-14)27-18-11-20-6-7-21-18/h1,3-4,6-7,9-12,17H,2,5,8,13H2,(H,23,25). The zero-order valence-electron chi connectivity index (χ0n) is 14.6. The van der Waals surface area contributed by atoms with Crippen LogP contribution in [0.1, 0.15) is 23.2 Å². The second-order valence-corrected chi connectivity index (χ2v) is 6.21. The molecule has 27 heavy (non-hydrogen) atoms. The van der Waals surface area contributed by atoms with Crippen molar-refractivity contribution in [2.75, 3.05) is 11.9 Å². The maximum Gasteiger partial charge on any atom is 0.255 e. The number of benzene rings is 1. The van der Waals surface area contributed by atoms with Crippen LogP contribution >= 0.6 is 0 Å². The van der Waals surface area contributed by atoms with Crippen molar-refractivity contribution in [2.24, 2.45) is 0 Å². The van der Waals surface area contributed by atoms with Gasteiger partial charge in [-0.25, -0.2) is 4.98 Å². The summed E-state index contributed by atoms with van der Waals surface area (Å²) in [6.45, 7) is 1.50. The summed E-state index contributed by atoms with van der Waals surface area (Å²) in [5.74, 6) is 0.638. The molecular weight excluding hydrogens is 346 g/mol. The van der Waals surface area contributed by atoms with Gasteiger partial charge in [0.2, 0.25) is 5.88 Å². The third kappa shape index (κ3) is 4.48. The summed E-state index contributed by atoms with van der Waals surface area (Å²) in [5, 5.41) is 7.13. The number of hydrogen-bond donors (Lipinski definition) is 1. The molecule has 1 unspecified atom stereocenters. The Morgan fingerprint density at radius 2 is 2.30 bits per heavy atom. The topological polar surface area (TPSA) is 91.2 Å². The number of ether oxygens (including phenoxy) is 2. The van der Waals surface area contributed by atoms with Gasteiger partial charge in [-0.2, -0.15) is 5.10 Å². The molecule has 1 saturated heterocycles. The highest BCUT2D eigenvalue weighted by molar-refractivity contribution is 6.04. The van der Waals surface area contributed by atoms with Crippen LogP contribution in [0.3, 0.4) is 0 Å². The lowest BCUT2D eigenvalue weighted by molar-refractivity contribution is 0.0940. The highest BCUT2D eigenvalue weighted by Gasteiger charge is 2.17. The van der Waals surface area contributed by atoms with Gasteiger partial charge in [-0.1, -0.05) is 6.07 Å². The molecule has 0 saturated carbocycles. The van der Waals surface area contributed by atoms with Crippen molar-refractivity contribution in [1.82, 2.24) is 19.7 Å². The Bertz CT molecular complexity index is 906. The summed E-state index contributed by atoms with van der Waals surface area (Å²) in [6.07, 6.45) is 10.4. The van der Waals surface area contributed by atoms with Crippen molar-refractivity contribution in [1.29, 1.82) is 0 Å². The molecule has 0 radical (unpaired) electrons. The van der Waals surface area contributed by atoms with E-state index < -0.39 is 0 Å². The van der Waals surface area contributed by atoms with Crippen molar-refractivity contribution in [3.05, 3.63) is 60.8 Å². The van der Waals surface area contributed by atoms with E-state index in [9.17, 15) is 4.79 Å². The first-order valence-corrected chi connectivity index (χ1v) is 8.75. The zero-order valence-corrected chi connectivity index (χ0v) is 14.6. The Labute approximate surface area is 156 Å². The smallest absolute Gasteiger partial charge is 0.255 e. The summed E-state index contributed by atoms with van der Waals surface area (Å²) in [7, 11) is 0. The van der Waals surface area contributed by atoms with Crippen LogP contribution in [0, 0.1) is 0 Å². The highest BCUT2D eigenvalue weighted by Crippen LogP contribution is 2.20. The largest absolute Gasteiger partial charge is 0.437 e. The first-order valence-electron chi connectivity index (χ1n) is 8.75. The maximum atomic E-state index is 12.5. The first kappa shape index (κ1) is 17.2. The quantitative estimate of drug-likeness (QED) is 0.722. The third-order valence-corrected chi connectivity index (χ3v) is 4.16. The van der Waals surface area contributed by atoms with Crippen LogP contribution in [0.2, 0.25) is 0 Å². The molecule has 2 aromatic heterocycles. The second-order valence-electron chi connectivity index (χ2n) is 6.21. The second kappa shape index (κ2) is 7.96. The lowest BCUT2D eigenvalue weighted by Crippen LogP contribution is -2.15. The molecule has 1 aromatic carbocycles. The van der Waals surface area contributed by atoms with Crippen molar-refractivity contribution in [2.45, 2.75) is 25.5 Å². The number of amides is 1. The van der Waals surface area contributed by atoms with Gasteiger partial charge in [-0.15, -0.1) is 0 Å². The molecule has 3 heterocycles. The number of carbonyl (C=O) groups excluding carboxylic acids is 1. The Kier molecular flexibility index (Phi) is 5.06. The van der Waals surface area contributed by atoms with Gasteiger partial charge >= 0.3 is 0 Å². The number of anilines is 1. The Morgan fingerprint density at radius 1 is 1.33 bits per heavy atom. The lowest BCUT2D eigenvalue weighted by Gasteiger charge is -2.08. The lowest BCUT2D eigenvalue weighted by atomic mass is 10.2. The number of carbonyl (C=O) groups is 1. The fourth-order valence-electron chi connectivity index (χ4n) is 2.89. The molecule has 1 aliphatic heterocycles. The Balaban J connectivity index is 1.39. The van der Waals surface area contributed by atoms with E-state index in [0.717, 1.165) is 19.4 Å². The van der Waals surface area contributed by atoms with Crippen molar-refractivity contribution >= 4 is 11.6 Å². The van der Waals surface area contributed by atoms with Gasteiger partial charge in [0.15, 0.2) is 0 Å². The minimum Gasteiger partial charge on any atom is -0.437 e. The molecule has 4 rings (SSSR count). The van der Waals surface area contributed by atoms with E-state index in [-0.39, 0.29) is 12.0 Å². The van der Waals surface area contributed by atoms with Crippen LogP contribution in [-0.2, 0) is 11.3 Å². The third-order valence-electron chi connectivity index (χ3n) is 4.16. The molecule has 0 bridgehead atoms. The molecule has 1 aliphatic rings. The van der Waals surface area contributed by atoms with Crippen LogP contribution in [0.25, 0.3) is 0 Å². The number of aromatic nitrogens is 4. The van der Waals surface area contributed by atoms with Crippen LogP contribution in [0.15, 0.2) is 55.2 Å². The molecule has 8 heteroatoms. The normalized spacial score (nSPS) is 16.2. The SMILES string of the molecule is O=C(Nc1cnn(CC2CCCO2)c1)c1cccc(Oc2cnccn2)c1. The minimum absolute atomic E-state index is 0.198. The van der Waals surface area contributed by atoms with E-state index in [1.54, 1.807) is 53.7 Å². The Hall–Kier alpha value is -3.26. The number of hydrogen-bond acceptors (Lipinski definition) is 6. The maximum absolute atomic E-state index is 12.5. The minimum atomic E-state index is -0.240. The fourth-order valence-corrected chi connectivity index (χ4v) is 2.89. The fraction of sp³-hybridized carbons (Fsp3) is 0.263. The molecule has 8 nitrogen and oxygen atoms in total. The monoisotopic (exact) mass is 365 g/mol. The van der Waals surface area contributed by atoms with Crippen molar-refractivity contribution < 1.29 is 14.3 Å². The van der Waals surface area contributed by atoms with Crippen molar-refractivity contribution in [3.8, 4) is 11.6 Å². The van der Waals surface area contributed by atoms with Gasteiger partial charge in [-0.05, 0) is 31.0 Å². The molecule has 1 amide bonds. The summed E-state index contributed by atoms with van der Waals surface area (Å²) >= 11 is 0. The number of nitrogens with zero attached hydrogens (tertiary/aromatic N) is 4. The van der Waals surface area contributed by atoms with Gasteiger partial charge in [0, 0.05) is 30.8 Å². The van der Waals surface area contributed by atoms with E-state index >= 15 is 0 Å². The van der Waals surface area contributed by atoms with Gasteiger partial charge in [0.1, 0.15) is 5.75 Å². The molecular formula is C19H19N5O3. The Morgan fingerprint density at radius 3 is 3.11 bits per heavy atom. The van der Waals surface area contributed by atoms with Crippen LogP contribution in [-0.4, -0.2) is 38.4 Å². The molecule has 0 aliphatic carbocycles. The molecule has 0 spiro atoms. The van der Waals surface area contributed by atoms with Crippen LogP contribution in [0.5, 0.6) is 11.6 Å². The predicted octanol–water partition coefficient (Wildman–Crippen LogP) is 2.90. The van der Waals surface area contributed by atoms with E-state index in [1.165, 1.54) is 6.20 Å².